The van der Waals surface area contributed by atoms with E-state index in [0.717, 1.165) is 49.0 Å². The van der Waals surface area contributed by atoms with Gasteiger partial charge in [0.05, 0.1) is 5.41 Å². The van der Waals surface area contributed by atoms with E-state index in [0.29, 0.717) is 19.3 Å². The zero-order chi connectivity index (χ0) is 16.0. The average Bonchev–Trinajstić information content (AvgIpc) is 2.52. The standard InChI is InChI=1S/C19H32N2O2/c1-12(21-11-19(18(20)22)2-4-23-5-3-19)17-15-7-13-6-14(9-15)10-16(17)8-13/h12-17,21H,2-11H2,1H3,(H2,20,22). The highest BCUT2D eigenvalue weighted by Crippen LogP contribution is 2.57. The zero-order valence-corrected chi connectivity index (χ0v) is 14.4. The van der Waals surface area contributed by atoms with Crippen molar-refractivity contribution in [2.75, 3.05) is 19.8 Å². The number of nitrogens with two attached hydrogens (primary N) is 1. The number of ether oxygens (including phenoxy) is 1. The average molecular weight is 320 g/mol. The van der Waals surface area contributed by atoms with Crippen molar-refractivity contribution in [3.05, 3.63) is 0 Å². The molecule has 4 aliphatic carbocycles. The van der Waals surface area contributed by atoms with Crippen molar-refractivity contribution >= 4 is 5.91 Å². The van der Waals surface area contributed by atoms with Crippen molar-refractivity contribution in [3.63, 3.8) is 0 Å². The predicted octanol–water partition coefficient (Wildman–Crippen LogP) is 2.32. The molecule has 5 rings (SSSR count). The van der Waals surface area contributed by atoms with Gasteiger partial charge < -0.3 is 15.8 Å². The molecular weight excluding hydrogens is 288 g/mol. The molecule has 23 heavy (non-hydrogen) atoms. The van der Waals surface area contributed by atoms with E-state index in [9.17, 15) is 4.79 Å². The lowest BCUT2D eigenvalue weighted by molar-refractivity contribution is -0.133. The Labute approximate surface area is 139 Å². The first-order valence-electron chi connectivity index (χ1n) is 9.68. The number of rotatable bonds is 5. The van der Waals surface area contributed by atoms with Gasteiger partial charge in [-0.1, -0.05) is 0 Å². The van der Waals surface area contributed by atoms with Crippen LogP contribution in [0.4, 0.5) is 0 Å². The van der Waals surface area contributed by atoms with Gasteiger partial charge in [-0.2, -0.15) is 0 Å². The summed E-state index contributed by atoms with van der Waals surface area (Å²) in [6.07, 6.45) is 8.87. The molecule has 0 aromatic heterocycles. The van der Waals surface area contributed by atoms with Gasteiger partial charge in [-0.25, -0.2) is 0 Å². The SMILES string of the molecule is CC(NCC1(C(N)=O)CCOCC1)C1C2CC3CC(C2)CC1C3. The summed E-state index contributed by atoms with van der Waals surface area (Å²) >= 11 is 0. The van der Waals surface area contributed by atoms with Gasteiger partial charge in [-0.15, -0.1) is 0 Å². The van der Waals surface area contributed by atoms with E-state index < -0.39 is 5.41 Å². The fourth-order valence-electron chi connectivity index (χ4n) is 6.55. The summed E-state index contributed by atoms with van der Waals surface area (Å²) < 4.78 is 5.44. The van der Waals surface area contributed by atoms with E-state index in [-0.39, 0.29) is 5.91 Å². The van der Waals surface area contributed by atoms with E-state index in [1.807, 2.05) is 0 Å². The van der Waals surface area contributed by atoms with Crippen LogP contribution in [0.3, 0.4) is 0 Å². The minimum atomic E-state index is -0.390. The maximum atomic E-state index is 12.0. The molecule has 0 spiro atoms. The molecule has 4 nitrogen and oxygen atoms in total. The second-order valence-electron chi connectivity index (χ2n) is 8.93. The van der Waals surface area contributed by atoms with Crippen molar-refractivity contribution in [1.82, 2.24) is 5.32 Å². The minimum Gasteiger partial charge on any atom is -0.381 e. The molecule has 1 amide bonds. The first kappa shape index (κ1) is 15.9. The molecule has 3 N–H and O–H groups in total. The maximum absolute atomic E-state index is 12.0. The molecule has 1 heterocycles. The molecule has 4 saturated carbocycles. The van der Waals surface area contributed by atoms with Gasteiger partial charge in [0.2, 0.25) is 5.91 Å². The van der Waals surface area contributed by atoms with E-state index in [1.54, 1.807) is 0 Å². The van der Waals surface area contributed by atoms with Gasteiger partial charge in [0.25, 0.3) is 0 Å². The van der Waals surface area contributed by atoms with E-state index in [2.05, 4.69) is 12.2 Å². The lowest BCUT2D eigenvalue weighted by Gasteiger charge is -2.56. The van der Waals surface area contributed by atoms with Gasteiger partial charge in [0.1, 0.15) is 0 Å². The number of hydrogen-bond donors (Lipinski definition) is 2. The van der Waals surface area contributed by atoms with Gasteiger partial charge in [-0.3, -0.25) is 4.79 Å². The second kappa shape index (κ2) is 6.03. The number of carbonyl (C=O) groups is 1. The highest BCUT2D eigenvalue weighted by atomic mass is 16.5. The summed E-state index contributed by atoms with van der Waals surface area (Å²) in [5.41, 5.74) is 5.36. The van der Waals surface area contributed by atoms with Gasteiger partial charge >= 0.3 is 0 Å². The van der Waals surface area contributed by atoms with Crippen LogP contribution < -0.4 is 11.1 Å². The van der Waals surface area contributed by atoms with Crippen LogP contribution >= 0.6 is 0 Å². The Morgan fingerprint density at radius 1 is 1.13 bits per heavy atom. The van der Waals surface area contributed by atoms with Crippen LogP contribution in [0.25, 0.3) is 0 Å². The third-order valence-corrected chi connectivity index (χ3v) is 7.61. The van der Waals surface area contributed by atoms with E-state index >= 15 is 0 Å². The van der Waals surface area contributed by atoms with Crippen LogP contribution in [0.5, 0.6) is 0 Å². The highest BCUT2D eigenvalue weighted by Gasteiger charge is 2.50. The molecule has 0 radical (unpaired) electrons. The van der Waals surface area contributed by atoms with E-state index in [4.69, 9.17) is 10.5 Å². The Morgan fingerprint density at radius 2 is 1.70 bits per heavy atom. The Balaban J connectivity index is 1.40. The van der Waals surface area contributed by atoms with Crippen LogP contribution in [0.15, 0.2) is 0 Å². The predicted molar refractivity (Wildman–Crippen MR) is 89.7 cm³/mol. The fourth-order valence-corrected chi connectivity index (χ4v) is 6.55. The molecule has 4 bridgehead atoms. The Hall–Kier alpha value is -0.610. The Morgan fingerprint density at radius 3 is 2.22 bits per heavy atom. The molecule has 1 atom stereocenters. The normalized spacial score (nSPS) is 42.6. The molecule has 5 aliphatic rings. The Kier molecular flexibility index (Phi) is 4.17. The number of hydrogen-bond acceptors (Lipinski definition) is 3. The van der Waals surface area contributed by atoms with Crippen LogP contribution in [0, 0.1) is 35.0 Å². The summed E-state index contributed by atoms with van der Waals surface area (Å²) in [5.74, 6) is 4.56. The monoisotopic (exact) mass is 320 g/mol. The number of primary amides is 1. The van der Waals surface area contributed by atoms with Crippen molar-refractivity contribution in [1.29, 1.82) is 0 Å². The van der Waals surface area contributed by atoms with Crippen LogP contribution in [-0.2, 0) is 9.53 Å². The number of nitrogens with one attached hydrogen (secondary N) is 1. The smallest absolute Gasteiger partial charge is 0.225 e. The second-order valence-corrected chi connectivity index (χ2v) is 8.93. The molecule has 1 saturated heterocycles. The lowest BCUT2D eigenvalue weighted by Crippen LogP contribution is -2.55. The number of amides is 1. The van der Waals surface area contributed by atoms with Crippen molar-refractivity contribution < 1.29 is 9.53 Å². The zero-order valence-electron chi connectivity index (χ0n) is 14.4. The summed E-state index contributed by atoms with van der Waals surface area (Å²) in [6.45, 7) is 4.41. The molecule has 4 heteroatoms. The molecule has 1 aliphatic heterocycles. The first-order chi connectivity index (χ1) is 11.1. The van der Waals surface area contributed by atoms with Gasteiger partial charge in [-0.05, 0) is 81.5 Å². The van der Waals surface area contributed by atoms with Crippen molar-refractivity contribution in [2.24, 2.45) is 40.7 Å². The van der Waals surface area contributed by atoms with Gasteiger partial charge in [0.15, 0.2) is 0 Å². The minimum absolute atomic E-state index is 0.148. The number of carbonyl (C=O) groups excluding carboxylic acids is 1. The third-order valence-electron chi connectivity index (χ3n) is 7.61. The van der Waals surface area contributed by atoms with Gasteiger partial charge in [0, 0.05) is 25.8 Å². The molecule has 0 aromatic carbocycles. The molecule has 0 aromatic rings. The fraction of sp³-hybridized carbons (Fsp3) is 0.947. The van der Waals surface area contributed by atoms with Crippen LogP contribution in [-0.4, -0.2) is 31.7 Å². The highest BCUT2D eigenvalue weighted by molar-refractivity contribution is 5.81. The molecule has 130 valence electrons. The summed E-state index contributed by atoms with van der Waals surface area (Å²) in [7, 11) is 0. The lowest BCUT2D eigenvalue weighted by atomic mass is 9.50. The molecule has 1 unspecified atom stereocenters. The van der Waals surface area contributed by atoms with Crippen molar-refractivity contribution in [3.8, 4) is 0 Å². The topological polar surface area (TPSA) is 64.3 Å². The summed E-state index contributed by atoms with van der Waals surface area (Å²) in [5, 5.41) is 3.75. The molecular formula is C19H32N2O2. The third kappa shape index (κ3) is 2.82. The van der Waals surface area contributed by atoms with E-state index in [1.165, 1.54) is 32.1 Å². The summed E-state index contributed by atoms with van der Waals surface area (Å²) in [4.78, 5) is 12.0. The Bertz CT molecular complexity index is 430. The quantitative estimate of drug-likeness (QED) is 0.817. The summed E-state index contributed by atoms with van der Waals surface area (Å²) in [6, 6.07) is 0.504. The maximum Gasteiger partial charge on any atom is 0.225 e. The largest absolute Gasteiger partial charge is 0.381 e. The molecule has 5 fully saturated rings. The van der Waals surface area contributed by atoms with Crippen molar-refractivity contribution in [2.45, 2.75) is 57.9 Å². The van der Waals surface area contributed by atoms with Crippen LogP contribution in [0.2, 0.25) is 0 Å². The van der Waals surface area contributed by atoms with Crippen LogP contribution in [0.1, 0.15) is 51.9 Å². The first-order valence-corrected chi connectivity index (χ1v) is 9.68.